The van der Waals surface area contributed by atoms with E-state index in [9.17, 15) is 13.2 Å². The van der Waals surface area contributed by atoms with Crippen molar-refractivity contribution in [2.24, 2.45) is 17.6 Å². The van der Waals surface area contributed by atoms with E-state index in [2.05, 4.69) is 5.32 Å². The van der Waals surface area contributed by atoms with Gasteiger partial charge in [0.15, 0.2) is 0 Å². The molecule has 1 aromatic carbocycles. The predicted molar refractivity (Wildman–Crippen MR) is 101 cm³/mol. The van der Waals surface area contributed by atoms with Crippen molar-refractivity contribution in [3.05, 3.63) is 29.3 Å². The molecule has 1 heterocycles. The number of amides is 1. The maximum absolute atomic E-state index is 12.9. The molecular weight excluding hydrogens is 350 g/mol. The standard InChI is InChI=1S/C19H29N3O3S/c1-13-3-6-18(14(2)11-13)26(24,25)22-9-7-16(8-10-22)19(23)21-17(12-20)15-4-5-15/h3,6,11,15-17H,4-5,7-10,12,20H2,1-2H3,(H,21,23). The van der Waals surface area contributed by atoms with Crippen molar-refractivity contribution in [1.82, 2.24) is 9.62 Å². The zero-order chi connectivity index (χ0) is 18.9. The van der Waals surface area contributed by atoms with Crippen molar-refractivity contribution in [2.75, 3.05) is 19.6 Å². The van der Waals surface area contributed by atoms with Crippen LogP contribution < -0.4 is 11.1 Å². The number of benzene rings is 1. The Morgan fingerprint density at radius 3 is 2.42 bits per heavy atom. The van der Waals surface area contributed by atoms with E-state index in [1.807, 2.05) is 26.0 Å². The molecule has 2 fully saturated rings. The lowest BCUT2D eigenvalue weighted by atomic mass is 9.96. The molecule has 0 radical (unpaired) electrons. The molecule has 7 heteroatoms. The Morgan fingerprint density at radius 2 is 1.88 bits per heavy atom. The quantitative estimate of drug-likeness (QED) is 0.784. The van der Waals surface area contributed by atoms with Gasteiger partial charge >= 0.3 is 0 Å². The molecule has 0 aromatic heterocycles. The zero-order valence-electron chi connectivity index (χ0n) is 15.6. The second-order valence-electron chi connectivity index (χ2n) is 7.64. The highest BCUT2D eigenvalue weighted by Gasteiger charge is 2.36. The number of sulfonamides is 1. The van der Waals surface area contributed by atoms with Crippen molar-refractivity contribution in [3.8, 4) is 0 Å². The van der Waals surface area contributed by atoms with Crippen LogP contribution in [0.15, 0.2) is 23.1 Å². The van der Waals surface area contributed by atoms with Gasteiger partial charge in [-0.3, -0.25) is 4.79 Å². The van der Waals surface area contributed by atoms with E-state index in [0.29, 0.717) is 43.3 Å². The van der Waals surface area contributed by atoms with Gasteiger partial charge in [0.05, 0.1) is 4.90 Å². The van der Waals surface area contributed by atoms with Crippen LogP contribution in [0.5, 0.6) is 0 Å². The lowest BCUT2D eigenvalue weighted by Gasteiger charge is -2.31. The summed E-state index contributed by atoms with van der Waals surface area (Å²) in [6, 6.07) is 5.46. The Labute approximate surface area is 156 Å². The molecule has 2 aliphatic rings. The van der Waals surface area contributed by atoms with E-state index >= 15 is 0 Å². The molecule has 1 atom stereocenters. The van der Waals surface area contributed by atoms with E-state index in [4.69, 9.17) is 5.73 Å². The maximum atomic E-state index is 12.9. The largest absolute Gasteiger partial charge is 0.352 e. The average molecular weight is 380 g/mol. The fourth-order valence-electron chi connectivity index (χ4n) is 3.75. The summed E-state index contributed by atoms with van der Waals surface area (Å²) in [7, 11) is -3.51. The van der Waals surface area contributed by atoms with Crippen LogP contribution in [0.25, 0.3) is 0 Å². The van der Waals surface area contributed by atoms with Gasteiger partial charge in [-0.2, -0.15) is 4.31 Å². The van der Waals surface area contributed by atoms with E-state index < -0.39 is 10.0 Å². The molecule has 3 N–H and O–H groups in total. The van der Waals surface area contributed by atoms with Gasteiger partial charge in [-0.15, -0.1) is 0 Å². The molecule has 144 valence electrons. The van der Waals surface area contributed by atoms with Crippen molar-refractivity contribution in [3.63, 3.8) is 0 Å². The second kappa shape index (κ2) is 7.66. The molecule has 0 bridgehead atoms. The molecule has 6 nitrogen and oxygen atoms in total. The summed E-state index contributed by atoms with van der Waals surface area (Å²) in [6.45, 7) is 5.00. The van der Waals surface area contributed by atoms with Crippen molar-refractivity contribution >= 4 is 15.9 Å². The Balaban J connectivity index is 1.61. The number of nitrogens with zero attached hydrogens (tertiary/aromatic N) is 1. The topological polar surface area (TPSA) is 92.5 Å². The first-order valence-corrected chi connectivity index (χ1v) is 10.8. The first kappa shape index (κ1) is 19.3. The number of hydrogen-bond donors (Lipinski definition) is 2. The summed E-state index contributed by atoms with van der Waals surface area (Å²) in [5, 5.41) is 3.07. The predicted octanol–water partition coefficient (Wildman–Crippen LogP) is 1.56. The maximum Gasteiger partial charge on any atom is 0.243 e. The number of carbonyl (C=O) groups excluding carboxylic acids is 1. The van der Waals surface area contributed by atoms with Crippen molar-refractivity contribution < 1.29 is 13.2 Å². The molecule has 26 heavy (non-hydrogen) atoms. The monoisotopic (exact) mass is 379 g/mol. The molecule has 1 saturated carbocycles. The minimum atomic E-state index is -3.51. The number of nitrogens with two attached hydrogens (primary N) is 1. The number of nitrogens with one attached hydrogen (secondary N) is 1. The molecule has 1 aliphatic heterocycles. The number of piperidine rings is 1. The van der Waals surface area contributed by atoms with Crippen molar-refractivity contribution in [2.45, 2.75) is 50.5 Å². The molecule has 0 spiro atoms. The van der Waals surface area contributed by atoms with E-state index in [0.717, 1.165) is 24.0 Å². The number of hydrogen-bond acceptors (Lipinski definition) is 4. The molecule has 1 unspecified atom stereocenters. The van der Waals surface area contributed by atoms with E-state index in [-0.39, 0.29) is 17.9 Å². The third-order valence-electron chi connectivity index (χ3n) is 5.55. The average Bonchev–Trinajstić information content (AvgIpc) is 3.44. The van der Waals surface area contributed by atoms with Crippen LogP contribution in [0.4, 0.5) is 0 Å². The molecular formula is C19H29N3O3S. The first-order valence-electron chi connectivity index (χ1n) is 9.40. The summed E-state index contributed by atoms with van der Waals surface area (Å²) < 4.78 is 27.4. The Bertz CT molecular complexity index is 766. The Morgan fingerprint density at radius 1 is 1.23 bits per heavy atom. The van der Waals surface area contributed by atoms with Crippen LogP contribution in [0.2, 0.25) is 0 Å². The lowest BCUT2D eigenvalue weighted by molar-refractivity contribution is -0.126. The van der Waals surface area contributed by atoms with Crippen LogP contribution in [0.1, 0.15) is 36.8 Å². The Hall–Kier alpha value is -1.44. The third kappa shape index (κ3) is 4.10. The van der Waals surface area contributed by atoms with Gasteiger partial charge in [-0.25, -0.2) is 8.42 Å². The van der Waals surface area contributed by atoms with Crippen LogP contribution >= 0.6 is 0 Å². The zero-order valence-corrected chi connectivity index (χ0v) is 16.4. The smallest absolute Gasteiger partial charge is 0.243 e. The third-order valence-corrected chi connectivity index (χ3v) is 7.60. The van der Waals surface area contributed by atoms with E-state index in [1.165, 1.54) is 4.31 Å². The van der Waals surface area contributed by atoms with Gasteiger partial charge in [-0.05, 0) is 57.1 Å². The van der Waals surface area contributed by atoms with Crippen LogP contribution in [-0.4, -0.2) is 44.3 Å². The Kier molecular flexibility index (Phi) is 5.69. The highest BCUT2D eigenvalue weighted by molar-refractivity contribution is 7.89. The van der Waals surface area contributed by atoms with Gasteiger partial charge in [0, 0.05) is 31.6 Å². The normalized spacial score (nSPS) is 20.7. The minimum Gasteiger partial charge on any atom is -0.352 e. The summed E-state index contributed by atoms with van der Waals surface area (Å²) in [4.78, 5) is 12.8. The van der Waals surface area contributed by atoms with Gasteiger partial charge < -0.3 is 11.1 Å². The summed E-state index contributed by atoms with van der Waals surface area (Å²) >= 11 is 0. The lowest BCUT2D eigenvalue weighted by Crippen LogP contribution is -2.48. The summed E-state index contributed by atoms with van der Waals surface area (Å²) in [5.74, 6) is 0.415. The fraction of sp³-hybridized carbons (Fsp3) is 0.632. The second-order valence-corrected chi connectivity index (χ2v) is 9.54. The number of carbonyl (C=O) groups is 1. The molecule has 1 saturated heterocycles. The van der Waals surface area contributed by atoms with E-state index in [1.54, 1.807) is 6.07 Å². The molecule has 1 aromatic rings. The molecule has 3 rings (SSSR count). The minimum absolute atomic E-state index is 0.0240. The first-order chi connectivity index (χ1) is 12.3. The summed E-state index contributed by atoms with van der Waals surface area (Å²) in [5.41, 5.74) is 7.57. The van der Waals surface area contributed by atoms with Gasteiger partial charge in [-0.1, -0.05) is 17.7 Å². The van der Waals surface area contributed by atoms with Gasteiger partial charge in [0.2, 0.25) is 15.9 Å². The van der Waals surface area contributed by atoms with Crippen LogP contribution in [0.3, 0.4) is 0 Å². The number of rotatable bonds is 6. The number of aryl methyl sites for hydroxylation is 2. The van der Waals surface area contributed by atoms with Gasteiger partial charge in [0.25, 0.3) is 0 Å². The summed E-state index contributed by atoms with van der Waals surface area (Å²) in [6.07, 6.45) is 3.37. The highest BCUT2D eigenvalue weighted by Crippen LogP contribution is 2.33. The fourth-order valence-corrected chi connectivity index (χ4v) is 5.43. The van der Waals surface area contributed by atoms with Gasteiger partial charge in [0.1, 0.15) is 0 Å². The van der Waals surface area contributed by atoms with Crippen molar-refractivity contribution in [1.29, 1.82) is 0 Å². The van der Waals surface area contributed by atoms with Crippen LogP contribution in [-0.2, 0) is 14.8 Å². The highest BCUT2D eigenvalue weighted by atomic mass is 32.2. The van der Waals surface area contributed by atoms with Crippen LogP contribution in [0, 0.1) is 25.7 Å². The molecule has 1 amide bonds. The SMILES string of the molecule is Cc1ccc(S(=O)(=O)N2CCC(C(=O)NC(CN)C3CC3)CC2)c(C)c1. The molecule has 1 aliphatic carbocycles.